The molecule has 0 saturated heterocycles. The lowest BCUT2D eigenvalue weighted by molar-refractivity contribution is 0.102. The minimum absolute atomic E-state index is 0.0713. The first-order chi connectivity index (χ1) is 12.2. The lowest BCUT2D eigenvalue weighted by Gasteiger charge is -2.08. The van der Waals surface area contributed by atoms with Gasteiger partial charge in [-0.15, -0.1) is 11.3 Å². The highest BCUT2D eigenvalue weighted by atomic mass is 35.5. The van der Waals surface area contributed by atoms with E-state index in [4.69, 9.17) is 11.6 Å². The Morgan fingerprint density at radius 3 is 2.38 bits per heavy atom. The van der Waals surface area contributed by atoms with Crippen LogP contribution < -0.4 is 5.32 Å². The Labute approximate surface area is 160 Å². The number of benzene rings is 2. The predicted octanol–water partition coefficient (Wildman–Crippen LogP) is 4.43. The first kappa shape index (κ1) is 18.6. The van der Waals surface area contributed by atoms with Gasteiger partial charge in [0.2, 0.25) is 0 Å². The number of aryl methyl sites for hydroxylation is 1. The number of carbonyl (C=O) groups is 1. The monoisotopic (exact) mass is 406 g/mol. The van der Waals surface area contributed by atoms with Crippen molar-refractivity contribution in [1.82, 2.24) is 4.98 Å². The molecule has 0 radical (unpaired) electrons. The molecule has 1 heterocycles. The number of carbonyl (C=O) groups excluding carboxylic acids is 1. The van der Waals surface area contributed by atoms with Gasteiger partial charge in [-0.3, -0.25) is 4.79 Å². The highest BCUT2D eigenvalue weighted by Crippen LogP contribution is 2.25. The summed E-state index contributed by atoms with van der Waals surface area (Å²) in [7, 11) is -3.38. The average Bonchev–Trinajstić information content (AvgIpc) is 3.01. The quantitative estimate of drug-likeness (QED) is 0.695. The van der Waals surface area contributed by atoms with Crippen LogP contribution in [0.2, 0.25) is 5.02 Å². The normalized spacial score (nSPS) is 11.3. The molecule has 0 fully saturated rings. The van der Waals surface area contributed by atoms with Crippen molar-refractivity contribution in [3.63, 3.8) is 0 Å². The van der Waals surface area contributed by atoms with Crippen LogP contribution in [0.3, 0.4) is 0 Å². The molecule has 8 heteroatoms. The van der Waals surface area contributed by atoms with Gasteiger partial charge in [-0.05, 0) is 37.3 Å². The van der Waals surface area contributed by atoms with Gasteiger partial charge in [0.15, 0.2) is 9.84 Å². The maximum Gasteiger partial charge on any atom is 0.257 e. The third-order valence-corrected chi connectivity index (χ3v) is 5.87. The second-order valence-corrected chi connectivity index (χ2v) is 9.18. The summed E-state index contributed by atoms with van der Waals surface area (Å²) in [5, 5.41) is 5.80. The van der Waals surface area contributed by atoms with E-state index in [0.29, 0.717) is 5.69 Å². The number of amides is 1. The molecule has 0 saturated carbocycles. The fraction of sp³-hybridized carbons (Fsp3) is 0.111. The van der Waals surface area contributed by atoms with Crippen molar-refractivity contribution >= 4 is 44.4 Å². The molecule has 134 valence electrons. The lowest BCUT2D eigenvalue weighted by atomic mass is 10.1. The van der Waals surface area contributed by atoms with E-state index in [-0.39, 0.29) is 15.5 Å². The van der Waals surface area contributed by atoms with E-state index < -0.39 is 15.7 Å². The topological polar surface area (TPSA) is 76.1 Å². The molecular formula is C18H15ClN2O3S2. The van der Waals surface area contributed by atoms with Crippen molar-refractivity contribution in [2.24, 2.45) is 0 Å². The Kier molecular flexibility index (Phi) is 5.13. The van der Waals surface area contributed by atoms with Gasteiger partial charge in [0.1, 0.15) is 0 Å². The van der Waals surface area contributed by atoms with Crippen LogP contribution in [0.5, 0.6) is 0 Å². The summed E-state index contributed by atoms with van der Waals surface area (Å²) in [6.45, 7) is 1.95. The number of sulfone groups is 1. The van der Waals surface area contributed by atoms with Crippen LogP contribution >= 0.6 is 22.9 Å². The van der Waals surface area contributed by atoms with E-state index >= 15 is 0 Å². The number of aromatic nitrogens is 1. The molecule has 0 unspecified atom stereocenters. The summed E-state index contributed by atoms with van der Waals surface area (Å²) in [6, 6.07) is 11.3. The van der Waals surface area contributed by atoms with Crippen LogP contribution in [0.15, 0.2) is 52.7 Å². The second-order valence-electron chi connectivity index (χ2n) is 5.70. The van der Waals surface area contributed by atoms with Gasteiger partial charge in [-0.25, -0.2) is 13.4 Å². The van der Waals surface area contributed by atoms with E-state index in [9.17, 15) is 13.2 Å². The number of hydrogen-bond acceptors (Lipinski definition) is 5. The smallest absolute Gasteiger partial charge is 0.257 e. The molecule has 0 atom stereocenters. The van der Waals surface area contributed by atoms with Crippen LogP contribution in [0.4, 0.5) is 5.69 Å². The number of nitrogens with zero attached hydrogens (tertiary/aromatic N) is 1. The zero-order valence-corrected chi connectivity index (χ0v) is 16.4. The molecule has 1 N–H and O–H groups in total. The molecule has 0 aliphatic rings. The van der Waals surface area contributed by atoms with Gasteiger partial charge in [-0.2, -0.15) is 0 Å². The fourth-order valence-corrected chi connectivity index (χ4v) is 3.93. The van der Waals surface area contributed by atoms with E-state index in [1.165, 1.54) is 18.2 Å². The van der Waals surface area contributed by atoms with E-state index in [1.54, 1.807) is 23.5 Å². The molecule has 5 nitrogen and oxygen atoms in total. The summed E-state index contributed by atoms with van der Waals surface area (Å²) in [4.78, 5) is 16.9. The van der Waals surface area contributed by atoms with E-state index in [2.05, 4.69) is 10.3 Å². The zero-order chi connectivity index (χ0) is 18.9. The standard InChI is InChI=1S/C18H15ClN2O3S2/c1-11-20-17(10-25-11)12-3-5-13(6-4-12)21-18(22)15-8-7-14(9-16(15)19)26(2,23)24/h3-10H,1-2H3,(H,21,22). The number of hydrogen-bond donors (Lipinski definition) is 1. The van der Waals surface area contributed by atoms with Gasteiger partial charge in [0.25, 0.3) is 5.91 Å². The van der Waals surface area contributed by atoms with Crippen LogP contribution in [0.25, 0.3) is 11.3 Å². The first-order valence-corrected chi connectivity index (χ1v) is 10.7. The number of anilines is 1. The Morgan fingerprint density at radius 1 is 1.15 bits per heavy atom. The minimum Gasteiger partial charge on any atom is -0.322 e. The third kappa shape index (κ3) is 4.12. The highest BCUT2D eigenvalue weighted by molar-refractivity contribution is 7.90. The van der Waals surface area contributed by atoms with Gasteiger partial charge in [0, 0.05) is 22.9 Å². The molecule has 1 aromatic heterocycles. The second kappa shape index (κ2) is 7.19. The SMILES string of the molecule is Cc1nc(-c2ccc(NC(=O)c3ccc(S(C)(=O)=O)cc3Cl)cc2)cs1. The molecule has 0 spiro atoms. The molecule has 0 aliphatic carbocycles. The predicted molar refractivity (Wildman–Crippen MR) is 105 cm³/mol. The highest BCUT2D eigenvalue weighted by Gasteiger charge is 2.15. The van der Waals surface area contributed by atoms with Crippen molar-refractivity contribution in [1.29, 1.82) is 0 Å². The molecule has 3 rings (SSSR count). The molecule has 1 amide bonds. The van der Waals surface area contributed by atoms with Crippen molar-refractivity contribution in [2.75, 3.05) is 11.6 Å². The third-order valence-electron chi connectivity index (χ3n) is 3.67. The summed E-state index contributed by atoms with van der Waals surface area (Å²) in [6.07, 6.45) is 1.09. The maximum atomic E-state index is 12.4. The van der Waals surface area contributed by atoms with Crippen LogP contribution in [0.1, 0.15) is 15.4 Å². The Bertz CT molecular complexity index is 1070. The van der Waals surface area contributed by atoms with Crippen LogP contribution in [0, 0.1) is 6.92 Å². The number of rotatable bonds is 4. The van der Waals surface area contributed by atoms with Crippen molar-refractivity contribution in [3.8, 4) is 11.3 Å². The summed E-state index contributed by atoms with van der Waals surface area (Å²) >= 11 is 7.65. The zero-order valence-electron chi connectivity index (χ0n) is 14.0. The largest absolute Gasteiger partial charge is 0.322 e. The molecular weight excluding hydrogens is 392 g/mol. The first-order valence-electron chi connectivity index (χ1n) is 7.57. The van der Waals surface area contributed by atoms with Gasteiger partial charge in [-0.1, -0.05) is 23.7 Å². The van der Waals surface area contributed by atoms with Gasteiger partial charge >= 0.3 is 0 Å². The van der Waals surface area contributed by atoms with Crippen molar-refractivity contribution in [3.05, 3.63) is 63.4 Å². The van der Waals surface area contributed by atoms with Crippen molar-refractivity contribution in [2.45, 2.75) is 11.8 Å². The van der Waals surface area contributed by atoms with Gasteiger partial charge < -0.3 is 5.32 Å². The maximum absolute atomic E-state index is 12.4. The number of halogens is 1. The molecule has 3 aromatic rings. The lowest BCUT2D eigenvalue weighted by Crippen LogP contribution is -2.13. The molecule has 26 heavy (non-hydrogen) atoms. The van der Waals surface area contributed by atoms with Crippen molar-refractivity contribution < 1.29 is 13.2 Å². The van der Waals surface area contributed by atoms with Crippen LogP contribution in [-0.4, -0.2) is 25.6 Å². The molecule has 0 bridgehead atoms. The average molecular weight is 407 g/mol. The Balaban J connectivity index is 1.78. The summed E-state index contributed by atoms with van der Waals surface area (Å²) in [5.41, 5.74) is 2.67. The summed E-state index contributed by atoms with van der Waals surface area (Å²) in [5.74, 6) is -0.410. The Morgan fingerprint density at radius 2 is 1.85 bits per heavy atom. The fourth-order valence-electron chi connectivity index (χ4n) is 2.33. The number of thiazole rings is 1. The van der Waals surface area contributed by atoms with Crippen LogP contribution in [-0.2, 0) is 9.84 Å². The number of nitrogens with one attached hydrogen (secondary N) is 1. The van der Waals surface area contributed by atoms with E-state index in [0.717, 1.165) is 22.5 Å². The minimum atomic E-state index is -3.38. The Hall–Kier alpha value is -2.22. The van der Waals surface area contributed by atoms with Gasteiger partial charge in [0.05, 0.1) is 26.2 Å². The molecule has 2 aromatic carbocycles. The summed E-state index contributed by atoms with van der Waals surface area (Å²) < 4.78 is 23.1. The molecule has 0 aliphatic heterocycles. The van der Waals surface area contributed by atoms with E-state index in [1.807, 2.05) is 24.4 Å².